The van der Waals surface area contributed by atoms with E-state index in [1.165, 1.54) is 6.07 Å². The van der Waals surface area contributed by atoms with Gasteiger partial charge >= 0.3 is 0 Å². The number of carbonyl (C=O) groups excluding carboxylic acids is 2. The molecule has 2 aliphatic rings. The third kappa shape index (κ3) is 2.71. The van der Waals surface area contributed by atoms with E-state index >= 15 is 0 Å². The number of rotatable bonds is 2. The van der Waals surface area contributed by atoms with Gasteiger partial charge < -0.3 is 15.4 Å². The van der Waals surface area contributed by atoms with Crippen LogP contribution in [0.3, 0.4) is 0 Å². The zero-order chi connectivity index (χ0) is 19.3. The van der Waals surface area contributed by atoms with Crippen molar-refractivity contribution in [3.05, 3.63) is 52.6 Å². The molecule has 0 amide bonds. The molecule has 1 heterocycles. The summed E-state index contributed by atoms with van der Waals surface area (Å²) >= 11 is 0. The monoisotopic (exact) mass is 388 g/mol. The maximum absolute atomic E-state index is 13.2. The maximum atomic E-state index is 13.2. The highest BCUT2D eigenvalue weighted by molar-refractivity contribution is 7.86. The molecule has 1 saturated heterocycles. The molecule has 8 nitrogen and oxygen atoms in total. The lowest BCUT2D eigenvalue weighted by Gasteiger charge is -2.33. The molecule has 2 aromatic rings. The van der Waals surface area contributed by atoms with Crippen LogP contribution in [0.1, 0.15) is 31.8 Å². The number of morpholine rings is 1. The van der Waals surface area contributed by atoms with Crippen molar-refractivity contribution >= 4 is 33.1 Å². The number of anilines is 2. The van der Waals surface area contributed by atoms with Gasteiger partial charge in [0.05, 0.1) is 35.7 Å². The van der Waals surface area contributed by atoms with Gasteiger partial charge in [-0.1, -0.05) is 24.3 Å². The fourth-order valence-corrected chi connectivity index (χ4v) is 4.18. The van der Waals surface area contributed by atoms with Crippen LogP contribution in [0, 0.1) is 0 Å². The Hall–Kier alpha value is -2.75. The highest BCUT2D eigenvalue weighted by Gasteiger charge is 2.37. The van der Waals surface area contributed by atoms with Gasteiger partial charge in [-0.05, 0) is 6.07 Å². The van der Waals surface area contributed by atoms with E-state index in [2.05, 4.69) is 0 Å². The minimum atomic E-state index is -4.69. The number of hydrogen-bond donors (Lipinski definition) is 2. The minimum absolute atomic E-state index is 0.0606. The van der Waals surface area contributed by atoms with Gasteiger partial charge in [-0.2, -0.15) is 8.42 Å². The Labute approximate surface area is 155 Å². The summed E-state index contributed by atoms with van der Waals surface area (Å²) in [5.74, 6) is -0.951. The van der Waals surface area contributed by atoms with Crippen LogP contribution in [-0.2, 0) is 14.9 Å². The summed E-state index contributed by atoms with van der Waals surface area (Å²) in [6.07, 6.45) is 0. The molecule has 1 aliphatic heterocycles. The number of nitrogens with two attached hydrogens (primary N) is 1. The smallest absolute Gasteiger partial charge is 0.296 e. The number of nitrogen functional groups attached to an aromatic ring is 1. The Morgan fingerprint density at radius 1 is 1.00 bits per heavy atom. The number of benzene rings is 2. The normalized spacial score (nSPS) is 16.9. The topological polar surface area (TPSA) is 127 Å². The first-order chi connectivity index (χ1) is 12.8. The first-order valence-electron chi connectivity index (χ1n) is 8.26. The summed E-state index contributed by atoms with van der Waals surface area (Å²) in [5.41, 5.74) is 6.05. The molecule has 0 saturated carbocycles. The maximum Gasteiger partial charge on any atom is 0.296 e. The fourth-order valence-electron chi connectivity index (χ4n) is 3.54. The first-order valence-corrected chi connectivity index (χ1v) is 9.70. The molecule has 3 N–H and O–H groups in total. The Balaban J connectivity index is 2.06. The molecule has 0 radical (unpaired) electrons. The zero-order valence-corrected chi connectivity index (χ0v) is 15.0. The van der Waals surface area contributed by atoms with E-state index < -0.39 is 32.3 Å². The van der Waals surface area contributed by atoms with E-state index in [1.807, 2.05) is 0 Å². The van der Waals surface area contributed by atoms with Crippen molar-refractivity contribution in [1.29, 1.82) is 0 Å². The van der Waals surface area contributed by atoms with Gasteiger partial charge in [0.1, 0.15) is 4.90 Å². The van der Waals surface area contributed by atoms with Gasteiger partial charge in [-0.3, -0.25) is 14.1 Å². The van der Waals surface area contributed by atoms with Gasteiger partial charge in [-0.25, -0.2) is 0 Å². The number of hydrogen-bond acceptors (Lipinski definition) is 7. The quantitative estimate of drug-likeness (QED) is 0.494. The van der Waals surface area contributed by atoms with Crippen LogP contribution in [-0.4, -0.2) is 50.8 Å². The van der Waals surface area contributed by atoms with E-state index in [0.29, 0.717) is 26.3 Å². The van der Waals surface area contributed by atoms with Crippen LogP contribution in [0.4, 0.5) is 11.4 Å². The van der Waals surface area contributed by atoms with Crippen LogP contribution in [0.2, 0.25) is 0 Å². The number of fused-ring (bicyclic) bond motifs is 2. The second kappa shape index (κ2) is 6.15. The molecule has 140 valence electrons. The van der Waals surface area contributed by atoms with Gasteiger partial charge in [0.2, 0.25) is 0 Å². The van der Waals surface area contributed by atoms with Crippen molar-refractivity contribution in [3.8, 4) is 0 Å². The molecule has 0 unspecified atom stereocenters. The molecule has 0 bridgehead atoms. The summed E-state index contributed by atoms with van der Waals surface area (Å²) in [6, 6.07) is 7.47. The molecule has 27 heavy (non-hydrogen) atoms. The molecule has 1 fully saturated rings. The summed E-state index contributed by atoms with van der Waals surface area (Å²) in [5, 5.41) is 0. The molecular formula is C18H16N2O6S. The van der Waals surface area contributed by atoms with E-state index in [0.717, 1.165) is 6.07 Å². The van der Waals surface area contributed by atoms with Gasteiger partial charge in [0, 0.05) is 24.2 Å². The van der Waals surface area contributed by atoms with Crippen LogP contribution >= 0.6 is 0 Å². The average molecular weight is 388 g/mol. The third-order valence-electron chi connectivity index (χ3n) is 4.81. The summed E-state index contributed by atoms with van der Waals surface area (Å²) in [4.78, 5) is 27.4. The van der Waals surface area contributed by atoms with Crippen molar-refractivity contribution in [3.63, 3.8) is 0 Å². The molecule has 9 heteroatoms. The molecule has 4 rings (SSSR count). The van der Waals surface area contributed by atoms with Crippen LogP contribution in [0.15, 0.2) is 35.2 Å². The van der Waals surface area contributed by atoms with Crippen molar-refractivity contribution in [2.75, 3.05) is 36.9 Å². The third-order valence-corrected chi connectivity index (χ3v) is 5.70. The van der Waals surface area contributed by atoms with Crippen molar-refractivity contribution in [2.24, 2.45) is 0 Å². The molecule has 0 atom stereocenters. The second-order valence-corrected chi connectivity index (χ2v) is 7.73. The Bertz CT molecular complexity index is 1090. The molecular weight excluding hydrogens is 372 g/mol. The van der Waals surface area contributed by atoms with Crippen molar-refractivity contribution in [1.82, 2.24) is 0 Å². The van der Waals surface area contributed by atoms with Crippen LogP contribution in [0.5, 0.6) is 0 Å². The van der Waals surface area contributed by atoms with Crippen molar-refractivity contribution in [2.45, 2.75) is 4.90 Å². The number of ketones is 2. The molecule has 2 aromatic carbocycles. The largest absolute Gasteiger partial charge is 0.397 e. The summed E-state index contributed by atoms with van der Waals surface area (Å²) in [6.45, 7) is 1.59. The Kier molecular flexibility index (Phi) is 4.02. The molecule has 0 aromatic heterocycles. The molecule has 0 spiro atoms. The SMILES string of the molecule is Nc1c(S(=O)(=O)O)cc(N2CCOCC2)c2c1C(=O)c1ccccc1C2=O. The van der Waals surface area contributed by atoms with Crippen LogP contribution < -0.4 is 10.6 Å². The lowest BCUT2D eigenvalue weighted by molar-refractivity contribution is 0.0978. The standard InChI is InChI=1S/C18H16N2O6S/c19-16-13(27(23,24)25)9-12(20-5-7-26-8-6-20)14-15(16)18(22)11-4-2-1-3-10(11)17(14)21/h1-4,9H,5-8,19H2,(H,23,24,25). The fraction of sp³-hybridized carbons (Fsp3) is 0.222. The first kappa shape index (κ1) is 17.7. The minimum Gasteiger partial charge on any atom is -0.397 e. The summed E-state index contributed by atoms with van der Waals surface area (Å²) in [7, 11) is -4.69. The highest BCUT2D eigenvalue weighted by atomic mass is 32.2. The van der Waals surface area contributed by atoms with Gasteiger partial charge in [0.25, 0.3) is 10.1 Å². The lowest BCUT2D eigenvalue weighted by atomic mass is 9.82. The number of ether oxygens (including phenoxy) is 1. The predicted molar refractivity (Wildman–Crippen MR) is 97.0 cm³/mol. The second-order valence-electron chi connectivity index (χ2n) is 6.34. The Morgan fingerprint density at radius 2 is 1.56 bits per heavy atom. The van der Waals surface area contributed by atoms with E-state index in [-0.39, 0.29) is 27.9 Å². The lowest BCUT2D eigenvalue weighted by Crippen LogP contribution is -2.38. The summed E-state index contributed by atoms with van der Waals surface area (Å²) < 4.78 is 38.6. The van der Waals surface area contributed by atoms with Crippen LogP contribution in [0.25, 0.3) is 0 Å². The van der Waals surface area contributed by atoms with Crippen molar-refractivity contribution < 1.29 is 27.3 Å². The highest BCUT2D eigenvalue weighted by Crippen LogP contribution is 2.40. The average Bonchev–Trinajstić information content (AvgIpc) is 2.65. The van der Waals surface area contributed by atoms with Gasteiger partial charge in [-0.15, -0.1) is 0 Å². The van der Waals surface area contributed by atoms with E-state index in [4.69, 9.17) is 10.5 Å². The molecule has 1 aliphatic carbocycles. The number of nitrogens with zero attached hydrogens (tertiary/aromatic N) is 1. The number of carbonyl (C=O) groups is 2. The zero-order valence-electron chi connectivity index (χ0n) is 14.1. The van der Waals surface area contributed by atoms with E-state index in [1.54, 1.807) is 23.1 Å². The Morgan fingerprint density at radius 3 is 2.11 bits per heavy atom. The predicted octanol–water partition coefficient (Wildman–Crippen LogP) is 1.13. The van der Waals surface area contributed by atoms with Gasteiger partial charge in [0.15, 0.2) is 11.6 Å². The van der Waals surface area contributed by atoms with E-state index in [9.17, 15) is 22.6 Å².